The summed E-state index contributed by atoms with van der Waals surface area (Å²) >= 11 is 0. The Morgan fingerprint density at radius 1 is 1.21 bits per heavy atom. The van der Waals surface area contributed by atoms with Gasteiger partial charge in [-0.25, -0.2) is 0 Å². The molecule has 1 aliphatic heterocycles. The van der Waals surface area contributed by atoms with E-state index in [-0.39, 0.29) is 5.78 Å². The van der Waals surface area contributed by atoms with Crippen molar-refractivity contribution in [1.82, 2.24) is 4.98 Å². The lowest BCUT2D eigenvalue weighted by atomic mass is 9.99. The summed E-state index contributed by atoms with van der Waals surface area (Å²) in [6.45, 7) is 2.48. The Bertz CT molecular complexity index is 898. The van der Waals surface area contributed by atoms with Gasteiger partial charge in [0.1, 0.15) is 18.8 Å². The van der Waals surface area contributed by atoms with Crippen molar-refractivity contribution in [2.24, 2.45) is 0 Å². The van der Waals surface area contributed by atoms with Crippen molar-refractivity contribution in [3.63, 3.8) is 0 Å². The second-order valence-corrected chi connectivity index (χ2v) is 6.41. The minimum Gasteiger partial charge on any atom is -0.497 e. The van der Waals surface area contributed by atoms with E-state index in [4.69, 9.17) is 4.74 Å². The number of H-pyrrole nitrogens is 1. The third-order valence-corrected chi connectivity index (χ3v) is 4.91. The van der Waals surface area contributed by atoms with E-state index in [2.05, 4.69) is 29.2 Å². The molecule has 1 aromatic heterocycles. The molecule has 0 aliphatic carbocycles. The van der Waals surface area contributed by atoms with Gasteiger partial charge in [0.15, 0.2) is 0 Å². The predicted octanol–water partition coefficient (Wildman–Crippen LogP) is 2.00. The molecule has 3 aromatic rings. The lowest BCUT2D eigenvalue weighted by Crippen LogP contribution is -3.12. The average molecular weight is 321 g/mol. The Morgan fingerprint density at radius 2 is 2.04 bits per heavy atom. The molecule has 2 aromatic carbocycles. The molecule has 2 heterocycles. The fraction of sp³-hybridized carbons (Fsp3) is 0.250. The van der Waals surface area contributed by atoms with Crippen LogP contribution in [-0.4, -0.2) is 31.0 Å². The van der Waals surface area contributed by atoms with Gasteiger partial charge in [-0.15, -0.1) is 0 Å². The fourth-order valence-electron chi connectivity index (χ4n) is 3.58. The minimum absolute atomic E-state index is 0.195. The standard InChI is InChI=1S/C20H20N2O2/c1-24-16-6-7-17-18(11-21-19(17)10-16)20(23)13-22-9-8-14-4-2-3-5-15(14)12-22/h2-7,10-11,21H,8-9,12-13H2,1H3/p+1. The van der Waals surface area contributed by atoms with E-state index in [0.717, 1.165) is 41.7 Å². The Morgan fingerprint density at radius 3 is 2.88 bits per heavy atom. The molecule has 0 saturated carbocycles. The lowest BCUT2D eigenvalue weighted by Gasteiger charge is -2.25. The number of methoxy groups -OCH3 is 1. The molecule has 122 valence electrons. The Balaban J connectivity index is 1.53. The number of aromatic amines is 1. The highest BCUT2D eigenvalue weighted by Gasteiger charge is 2.23. The Hall–Kier alpha value is -2.59. The molecule has 0 spiro atoms. The first-order chi connectivity index (χ1) is 11.7. The smallest absolute Gasteiger partial charge is 0.219 e. The molecule has 0 bridgehead atoms. The molecule has 24 heavy (non-hydrogen) atoms. The van der Waals surface area contributed by atoms with Gasteiger partial charge in [-0.3, -0.25) is 4.79 Å². The SMILES string of the molecule is COc1ccc2c(C(=O)C[NH+]3CCc4ccccc4C3)c[nH]c2c1. The number of fused-ring (bicyclic) bond motifs is 2. The molecule has 0 fully saturated rings. The maximum atomic E-state index is 12.8. The van der Waals surface area contributed by atoms with Gasteiger partial charge in [-0.1, -0.05) is 24.3 Å². The number of quaternary nitrogens is 1. The minimum atomic E-state index is 0.195. The molecule has 1 aliphatic rings. The van der Waals surface area contributed by atoms with E-state index in [9.17, 15) is 4.79 Å². The predicted molar refractivity (Wildman–Crippen MR) is 93.7 cm³/mol. The second-order valence-electron chi connectivity index (χ2n) is 6.41. The Kier molecular flexibility index (Phi) is 3.82. The normalized spacial score (nSPS) is 16.8. The zero-order chi connectivity index (χ0) is 16.5. The lowest BCUT2D eigenvalue weighted by molar-refractivity contribution is -0.907. The number of carbonyl (C=O) groups excluding carboxylic acids is 1. The van der Waals surface area contributed by atoms with Crippen LogP contribution < -0.4 is 9.64 Å². The number of aromatic nitrogens is 1. The molecule has 0 saturated heterocycles. The largest absolute Gasteiger partial charge is 0.497 e. The van der Waals surface area contributed by atoms with Crippen molar-refractivity contribution in [1.29, 1.82) is 0 Å². The van der Waals surface area contributed by atoms with Crippen LogP contribution in [0.15, 0.2) is 48.7 Å². The molecule has 0 radical (unpaired) electrons. The van der Waals surface area contributed by atoms with Gasteiger partial charge < -0.3 is 14.6 Å². The quantitative estimate of drug-likeness (QED) is 0.722. The number of nitrogens with one attached hydrogen (secondary N) is 2. The molecule has 0 amide bonds. The maximum Gasteiger partial charge on any atom is 0.219 e. The van der Waals surface area contributed by atoms with Crippen LogP contribution in [0.4, 0.5) is 0 Å². The molecule has 1 unspecified atom stereocenters. The van der Waals surface area contributed by atoms with E-state index < -0.39 is 0 Å². The zero-order valence-corrected chi connectivity index (χ0v) is 13.8. The summed E-state index contributed by atoms with van der Waals surface area (Å²) in [5.41, 5.74) is 4.51. The van der Waals surface area contributed by atoms with Gasteiger partial charge in [0.05, 0.1) is 13.7 Å². The molecular weight excluding hydrogens is 300 g/mol. The number of benzene rings is 2. The van der Waals surface area contributed by atoms with Gasteiger partial charge in [-0.2, -0.15) is 0 Å². The van der Waals surface area contributed by atoms with Crippen LogP contribution in [0.1, 0.15) is 21.5 Å². The van der Waals surface area contributed by atoms with Crippen molar-refractivity contribution >= 4 is 16.7 Å². The summed E-state index contributed by atoms with van der Waals surface area (Å²) in [5, 5.41) is 0.970. The molecule has 4 heteroatoms. The van der Waals surface area contributed by atoms with E-state index in [1.807, 2.05) is 24.4 Å². The summed E-state index contributed by atoms with van der Waals surface area (Å²) in [5.74, 6) is 0.988. The van der Waals surface area contributed by atoms with Crippen molar-refractivity contribution in [3.8, 4) is 5.75 Å². The van der Waals surface area contributed by atoms with Gasteiger partial charge in [-0.05, 0) is 17.7 Å². The van der Waals surface area contributed by atoms with Crippen LogP contribution in [0, 0.1) is 0 Å². The number of carbonyl (C=O) groups is 1. The topological polar surface area (TPSA) is 46.5 Å². The number of hydrogen-bond acceptors (Lipinski definition) is 2. The van der Waals surface area contributed by atoms with E-state index in [0.29, 0.717) is 6.54 Å². The van der Waals surface area contributed by atoms with Crippen LogP contribution in [-0.2, 0) is 13.0 Å². The van der Waals surface area contributed by atoms with Gasteiger partial charge in [0.25, 0.3) is 0 Å². The first-order valence-corrected chi connectivity index (χ1v) is 8.33. The summed E-state index contributed by atoms with van der Waals surface area (Å²) in [7, 11) is 1.65. The van der Waals surface area contributed by atoms with Gasteiger partial charge >= 0.3 is 0 Å². The van der Waals surface area contributed by atoms with Gasteiger partial charge in [0.2, 0.25) is 5.78 Å². The summed E-state index contributed by atoms with van der Waals surface area (Å²) in [6, 6.07) is 14.3. The van der Waals surface area contributed by atoms with Crippen molar-refractivity contribution in [2.45, 2.75) is 13.0 Å². The summed E-state index contributed by atoms with van der Waals surface area (Å²) in [4.78, 5) is 17.3. The zero-order valence-electron chi connectivity index (χ0n) is 13.8. The highest BCUT2D eigenvalue weighted by Crippen LogP contribution is 2.23. The fourth-order valence-corrected chi connectivity index (χ4v) is 3.58. The van der Waals surface area contributed by atoms with Crippen LogP contribution in [0.25, 0.3) is 10.9 Å². The average Bonchev–Trinajstić information content (AvgIpc) is 3.04. The van der Waals surface area contributed by atoms with Crippen molar-refractivity contribution < 1.29 is 14.4 Å². The first kappa shape index (κ1) is 15.0. The van der Waals surface area contributed by atoms with Gasteiger partial charge in [0, 0.05) is 40.7 Å². The summed E-state index contributed by atoms with van der Waals surface area (Å²) in [6.07, 6.45) is 2.87. The molecule has 4 rings (SSSR count). The Labute approximate surface area is 141 Å². The van der Waals surface area contributed by atoms with Crippen LogP contribution in [0.2, 0.25) is 0 Å². The maximum absolute atomic E-state index is 12.8. The molecule has 4 nitrogen and oxygen atoms in total. The third-order valence-electron chi connectivity index (χ3n) is 4.91. The van der Waals surface area contributed by atoms with Crippen LogP contribution >= 0.6 is 0 Å². The van der Waals surface area contributed by atoms with E-state index >= 15 is 0 Å². The monoisotopic (exact) mass is 321 g/mol. The molecule has 1 atom stereocenters. The number of hydrogen-bond donors (Lipinski definition) is 2. The number of ketones is 1. The van der Waals surface area contributed by atoms with E-state index in [1.54, 1.807) is 7.11 Å². The number of Topliss-reactive ketones (excluding diaryl/α,β-unsaturated/α-hetero) is 1. The molecular formula is C20H21N2O2+. The number of ether oxygens (including phenoxy) is 1. The van der Waals surface area contributed by atoms with E-state index in [1.165, 1.54) is 16.0 Å². The summed E-state index contributed by atoms with van der Waals surface area (Å²) < 4.78 is 5.24. The van der Waals surface area contributed by atoms with Crippen molar-refractivity contribution in [2.75, 3.05) is 20.2 Å². The second kappa shape index (κ2) is 6.13. The van der Waals surface area contributed by atoms with Crippen molar-refractivity contribution in [3.05, 3.63) is 65.4 Å². The highest BCUT2D eigenvalue weighted by atomic mass is 16.5. The number of rotatable bonds is 4. The van der Waals surface area contributed by atoms with Crippen LogP contribution in [0.3, 0.4) is 0 Å². The molecule has 2 N–H and O–H groups in total. The third kappa shape index (κ3) is 2.69. The highest BCUT2D eigenvalue weighted by molar-refractivity contribution is 6.08. The first-order valence-electron chi connectivity index (χ1n) is 8.33. The van der Waals surface area contributed by atoms with Crippen LogP contribution in [0.5, 0.6) is 5.75 Å².